The van der Waals surface area contributed by atoms with Crippen molar-refractivity contribution in [2.24, 2.45) is 0 Å². The highest BCUT2D eigenvalue weighted by molar-refractivity contribution is 7.99. The quantitative estimate of drug-likeness (QED) is 0.467. The zero-order valence-corrected chi connectivity index (χ0v) is 17.4. The number of anilines is 1. The molecular weight excluding hydrogens is 415 g/mol. The Morgan fingerprint density at radius 3 is 2.47 bits per heavy atom. The van der Waals surface area contributed by atoms with Gasteiger partial charge in [-0.2, -0.15) is 18.2 Å². The molecule has 1 heterocycles. The number of amides is 1. The van der Waals surface area contributed by atoms with Crippen molar-refractivity contribution in [3.63, 3.8) is 0 Å². The smallest absolute Gasteiger partial charge is 0.334 e. The lowest BCUT2D eigenvalue weighted by Crippen LogP contribution is -2.16. The maximum Gasteiger partial charge on any atom is 0.418 e. The van der Waals surface area contributed by atoms with Crippen molar-refractivity contribution in [3.8, 4) is 11.5 Å². The Kier molecular flexibility index (Phi) is 6.50. The van der Waals surface area contributed by atoms with Crippen molar-refractivity contribution in [2.45, 2.75) is 43.5 Å². The van der Waals surface area contributed by atoms with Crippen LogP contribution in [-0.4, -0.2) is 21.3 Å². The Labute approximate surface area is 176 Å². The molecular formula is C21H20F3N3O2S. The van der Waals surface area contributed by atoms with Crippen molar-refractivity contribution in [1.82, 2.24) is 10.1 Å². The van der Waals surface area contributed by atoms with Gasteiger partial charge < -0.3 is 9.84 Å². The fourth-order valence-electron chi connectivity index (χ4n) is 2.63. The lowest BCUT2D eigenvalue weighted by molar-refractivity contribution is -0.137. The number of benzene rings is 2. The number of nitrogens with one attached hydrogen (secondary N) is 1. The highest BCUT2D eigenvalue weighted by Gasteiger charge is 2.34. The number of thioether (sulfide) groups is 1. The van der Waals surface area contributed by atoms with E-state index in [1.54, 1.807) is 25.1 Å². The van der Waals surface area contributed by atoms with Gasteiger partial charge in [-0.3, -0.25) is 4.79 Å². The number of carbonyl (C=O) groups excluding carboxylic acids is 1. The molecule has 1 amide bonds. The number of carbonyl (C=O) groups is 1. The number of aryl methyl sites for hydroxylation is 1. The van der Waals surface area contributed by atoms with E-state index in [9.17, 15) is 18.0 Å². The highest BCUT2D eigenvalue weighted by atomic mass is 32.2. The van der Waals surface area contributed by atoms with Crippen LogP contribution < -0.4 is 5.32 Å². The third-order valence-electron chi connectivity index (χ3n) is 4.38. The van der Waals surface area contributed by atoms with Gasteiger partial charge in [-0.25, -0.2) is 0 Å². The van der Waals surface area contributed by atoms with Crippen molar-refractivity contribution in [2.75, 3.05) is 5.32 Å². The van der Waals surface area contributed by atoms with E-state index in [1.165, 1.54) is 30.0 Å². The molecule has 0 spiro atoms. The summed E-state index contributed by atoms with van der Waals surface area (Å²) in [5.74, 6) is 0.130. The van der Waals surface area contributed by atoms with Crippen LogP contribution in [-0.2, 0) is 6.18 Å². The van der Waals surface area contributed by atoms with E-state index in [0.29, 0.717) is 22.2 Å². The normalized spacial score (nSPS) is 12.6. The first-order valence-corrected chi connectivity index (χ1v) is 10.2. The lowest BCUT2D eigenvalue weighted by Gasteiger charge is -2.16. The lowest BCUT2D eigenvalue weighted by atomic mass is 10.1. The van der Waals surface area contributed by atoms with Gasteiger partial charge in [0.1, 0.15) is 0 Å². The summed E-state index contributed by atoms with van der Waals surface area (Å²) >= 11 is 1.37. The van der Waals surface area contributed by atoms with Gasteiger partial charge in [0.2, 0.25) is 0 Å². The molecule has 0 saturated heterocycles. The minimum atomic E-state index is -4.59. The average molecular weight is 435 g/mol. The fourth-order valence-corrected chi connectivity index (χ4v) is 3.59. The van der Waals surface area contributed by atoms with Gasteiger partial charge in [0.05, 0.1) is 11.3 Å². The third kappa shape index (κ3) is 5.21. The molecule has 158 valence electrons. The van der Waals surface area contributed by atoms with Crippen LogP contribution in [0, 0.1) is 6.92 Å². The molecule has 3 rings (SSSR count). The van der Waals surface area contributed by atoms with Gasteiger partial charge in [0, 0.05) is 21.3 Å². The first-order chi connectivity index (χ1) is 14.2. The summed E-state index contributed by atoms with van der Waals surface area (Å²) in [7, 11) is 0. The summed E-state index contributed by atoms with van der Waals surface area (Å²) in [6, 6.07) is 10.1. The molecule has 30 heavy (non-hydrogen) atoms. The number of hydrogen-bond acceptors (Lipinski definition) is 5. The number of alkyl halides is 3. The molecule has 0 aliphatic heterocycles. The average Bonchev–Trinajstić information content (AvgIpc) is 3.14. The zero-order chi connectivity index (χ0) is 21.9. The van der Waals surface area contributed by atoms with Crippen molar-refractivity contribution in [1.29, 1.82) is 0 Å². The standard InChI is InChI=1S/C21H20F3N3O2S/c1-4-12(2)30-16-9-10-18(17(11-16)21(22,23)24)26-19(28)14-5-7-15(8-6-14)20-25-13(3)27-29-20/h5-12H,4H2,1-3H3,(H,26,28). The number of nitrogens with zero attached hydrogens (tertiary/aromatic N) is 2. The number of aromatic nitrogens is 2. The predicted molar refractivity (Wildman–Crippen MR) is 109 cm³/mol. The summed E-state index contributed by atoms with van der Waals surface area (Å²) in [5.41, 5.74) is -0.338. The third-order valence-corrected chi connectivity index (χ3v) is 5.64. The van der Waals surface area contributed by atoms with E-state index in [0.717, 1.165) is 12.5 Å². The molecule has 1 N–H and O–H groups in total. The summed E-state index contributed by atoms with van der Waals surface area (Å²) in [6.45, 7) is 5.61. The monoisotopic (exact) mass is 435 g/mol. The molecule has 3 aromatic rings. The Balaban J connectivity index is 1.81. The van der Waals surface area contributed by atoms with E-state index in [4.69, 9.17) is 4.52 Å². The van der Waals surface area contributed by atoms with Gasteiger partial charge in [-0.1, -0.05) is 19.0 Å². The second-order valence-electron chi connectivity index (χ2n) is 6.72. The molecule has 0 saturated carbocycles. The van der Waals surface area contributed by atoms with E-state index in [2.05, 4.69) is 15.5 Å². The van der Waals surface area contributed by atoms with Gasteiger partial charge in [0.15, 0.2) is 5.82 Å². The van der Waals surface area contributed by atoms with E-state index in [-0.39, 0.29) is 16.5 Å². The summed E-state index contributed by atoms with van der Waals surface area (Å²) < 4.78 is 45.7. The molecule has 2 aromatic carbocycles. The molecule has 5 nitrogen and oxygen atoms in total. The van der Waals surface area contributed by atoms with E-state index in [1.807, 2.05) is 13.8 Å². The minimum Gasteiger partial charge on any atom is -0.334 e. The van der Waals surface area contributed by atoms with Crippen LogP contribution in [0.3, 0.4) is 0 Å². The Bertz CT molecular complexity index is 1030. The molecule has 9 heteroatoms. The Hall–Kier alpha value is -2.81. The summed E-state index contributed by atoms with van der Waals surface area (Å²) in [5, 5.41) is 6.25. The van der Waals surface area contributed by atoms with Crippen molar-refractivity contribution < 1.29 is 22.5 Å². The molecule has 1 atom stereocenters. The van der Waals surface area contributed by atoms with E-state index >= 15 is 0 Å². The SMILES string of the molecule is CCC(C)Sc1ccc(NC(=O)c2ccc(-c3nc(C)no3)cc2)c(C(F)(F)F)c1. The molecule has 0 radical (unpaired) electrons. The summed E-state index contributed by atoms with van der Waals surface area (Å²) in [6.07, 6.45) is -3.75. The molecule has 1 aromatic heterocycles. The molecule has 0 bridgehead atoms. The Morgan fingerprint density at radius 2 is 1.90 bits per heavy atom. The maximum atomic E-state index is 13.6. The van der Waals surface area contributed by atoms with Crippen LogP contribution in [0.4, 0.5) is 18.9 Å². The zero-order valence-electron chi connectivity index (χ0n) is 16.6. The van der Waals surface area contributed by atoms with Gasteiger partial charge >= 0.3 is 6.18 Å². The number of halogens is 3. The molecule has 0 aliphatic rings. The van der Waals surface area contributed by atoms with E-state index < -0.39 is 17.6 Å². The minimum absolute atomic E-state index is 0.188. The van der Waals surface area contributed by atoms with Crippen LogP contribution >= 0.6 is 11.8 Å². The van der Waals surface area contributed by atoms with Crippen LogP contribution in [0.2, 0.25) is 0 Å². The van der Waals surface area contributed by atoms with Crippen LogP contribution in [0.5, 0.6) is 0 Å². The Morgan fingerprint density at radius 1 is 1.20 bits per heavy atom. The van der Waals surface area contributed by atoms with Gasteiger partial charge in [-0.05, 0) is 55.8 Å². The topological polar surface area (TPSA) is 68.0 Å². The van der Waals surface area contributed by atoms with Crippen LogP contribution in [0.25, 0.3) is 11.5 Å². The summed E-state index contributed by atoms with van der Waals surface area (Å²) in [4.78, 5) is 17.1. The van der Waals surface area contributed by atoms with Crippen molar-refractivity contribution in [3.05, 3.63) is 59.4 Å². The van der Waals surface area contributed by atoms with Crippen LogP contribution in [0.1, 0.15) is 42.0 Å². The number of rotatable bonds is 6. The fraction of sp³-hybridized carbons (Fsp3) is 0.286. The second kappa shape index (κ2) is 8.91. The number of hydrogen-bond donors (Lipinski definition) is 1. The van der Waals surface area contributed by atoms with Crippen LogP contribution in [0.15, 0.2) is 51.9 Å². The molecule has 0 aliphatic carbocycles. The largest absolute Gasteiger partial charge is 0.418 e. The van der Waals surface area contributed by atoms with Crippen molar-refractivity contribution >= 4 is 23.4 Å². The molecule has 1 unspecified atom stereocenters. The molecule has 0 fully saturated rings. The predicted octanol–water partition coefficient (Wildman–Crippen LogP) is 6.21. The highest BCUT2D eigenvalue weighted by Crippen LogP contribution is 2.38. The van der Waals surface area contributed by atoms with Gasteiger partial charge in [0.25, 0.3) is 11.8 Å². The second-order valence-corrected chi connectivity index (χ2v) is 8.23. The first-order valence-electron chi connectivity index (χ1n) is 9.27. The van der Waals surface area contributed by atoms with Gasteiger partial charge in [-0.15, -0.1) is 11.8 Å². The first kappa shape index (κ1) is 21.9. The maximum absolute atomic E-state index is 13.6.